The van der Waals surface area contributed by atoms with Crippen LogP contribution in [-0.4, -0.2) is 24.9 Å². The average Bonchev–Trinajstić information content (AvgIpc) is 3.07. The van der Waals surface area contributed by atoms with E-state index < -0.39 is 0 Å². The van der Waals surface area contributed by atoms with Crippen LogP contribution in [-0.2, 0) is 13.5 Å². The molecule has 2 N–H and O–H groups in total. The first-order valence-electron chi connectivity index (χ1n) is 7.46. The van der Waals surface area contributed by atoms with Gasteiger partial charge in [0.2, 0.25) is 5.88 Å². The average molecular weight is 288 g/mol. The lowest BCUT2D eigenvalue weighted by molar-refractivity contribution is 0.436. The Morgan fingerprint density at radius 1 is 1.43 bits per heavy atom. The van der Waals surface area contributed by atoms with E-state index in [1.807, 2.05) is 20.2 Å². The molecule has 0 atom stereocenters. The van der Waals surface area contributed by atoms with Crippen LogP contribution in [0.4, 0.5) is 0 Å². The third-order valence-corrected chi connectivity index (χ3v) is 4.19. The first-order valence-corrected chi connectivity index (χ1v) is 7.46. The highest BCUT2D eigenvalue weighted by Gasteiger charge is 2.25. The van der Waals surface area contributed by atoms with Crippen LogP contribution >= 0.6 is 0 Å². The molecule has 2 heterocycles. The van der Waals surface area contributed by atoms with E-state index in [2.05, 4.69) is 15.1 Å². The van der Waals surface area contributed by atoms with Crippen LogP contribution in [0.3, 0.4) is 0 Å². The molecule has 2 aromatic heterocycles. The molecule has 1 aliphatic rings. The fourth-order valence-corrected chi connectivity index (χ4v) is 3.17. The van der Waals surface area contributed by atoms with Gasteiger partial charge < -0.3 is 10.1 Å². The van der Waals surface area contributed by atoms with Gasteiger partial charge in [0.1, 0.15) is 5.82 Å². The largest absolute Gasteiger partial charge is 0.493 e. The molecular formula is C15H20N4O2. The summed E-state index contributed by atoms with van der Waals surface area (Å²) in [5.41, 5.74) is 1.84. The maximum Gasteiger partial charge on any atom is 0.258 e. The predicted molar refractivity (Wildman–Crippen MR) is 79.3 cm³/mol. The summed E-state index contributed by atoms with van der Waals surface area (Å²) < 4.78 is 1.69. The van der Waals surface area contributed by atoms with Crippen molar-refractivity contribution < 1.29 is 5.11 Å². The van der Waals surface area contributed by atoms with Crippen LogP contribution < -0.4 is 5.56 Å². The second kappa shape index (κ2) is 5.35. The molecule has 0 aliphatic heterocycles. The van der Waals surface area contributed by atoms with Gasteiger partial charge in [-0.05, 0) is 25.2 Å². The molecule has 0 saturated heterocycles. The van der Waals surface area contributed by atoms with Crippen LogP contribution in [0, 0.1) is 0 Å². The minimum absolute atomic E-state index is 0.133. The van der Waals surface area contributed by atoms with E-state index >= 15 is 0 Å². The Hall–Kier alpha value is -2.11. The predicted octanol–water partition coefficient (Wildman–Crippen LogP) is 2.10. The maximum atomic E-state index is 12.3. The molecule has 0 aromatic carbocycles. The van der Waals surface area contributed by atoms with Gasteiger partial charge in [0, 0.05) is 13.2 Å². The van der Waals surface area contributed by atoms with Gasteiger partial charge in [-0.2, -0.15) is 10.1 Å². The molecule has 0 unspecified atom stereocenters. The molecule has 2 aromatic rings. The van der Waals surface area contributed by atoms with E-state index in [9.17, 15) is 9.90 Å². The smallest absolute Gasteiger partial charge is 0.258 e. The minimum Gasteiger partial charge on any atom is -0.493 e. The Labute approximate surface area is 122 Å². The van der Waals surface area contributed by atoms with E-state index in [1.54, 1.807) is 4.68 Å². The number of aryl methyl sites for hydroxylation is 2. The van der Waals surface area contributed by atoms with Crippen LogP contribution in [0.2, 0.25) is 0 Å². The van der Waals surface area contributed by atoms with Crippen LogP contribution in [0.25, 0.3) is 11.4 Å². The van der Waals surface area contributed by atoms with E-state index in [4.69, 9.17) is 0 Å². The Morgan fingerprint density at radius 2 is 2.14 bits per heavy atom. The molecule has 0 bridgehead atoms. The van der Waals surface area contributed by atoms with Gasteiger partial charge >= 0.3 is 0 Å². The van der Waals surface area contributed by atoms with E-state index in [0.29, 0.717) is 11.4 Å². The maximum absolute atomic E-state index is 12.3. The number of hydrogen-bond acceptors (Lipinski definition) is 4. The van der Waals surface area contributed by atoms with E-state index in [0.717, 1.165) is 43.4 Å². The summed E-state index contributed by atoms with van der Waals surface area (Å²) in [5.74, 6) is 0.394. The van der Waals surface area contributed by atoms with Gasteiger partial charge in [-0.15, -0.1) is 0 Å². The summed E-state index contributed by atoms with van der Waals surface area (Å²) in [7, 11) is 1.83. The summed E-state index contributed by atoms with van der Waals surface area (Å²) in [6, 6.07) is 0. The summed E-state index contributed by atoms with van der Waals surface area (Å²) in [6.45, 7) is 2.00. The Morgan fingerprint density at radius 3 is 2.76 bits per heavy atom. The highest BCUT2D eigenvalue weighted by molar-refractivity contribution is 5.58. The fraction of sp³-hybridized carbons (Fsp3) is 0.533. The van der Waals surface area contributed by atoms with Crippen LogP contribution in [0.15, 0.2) is 11.0 Å². The Bertz CT molecular complexity index is 711. The van der Waals surface area contributed by atoms with E-state index in [1.165, 1.54) is 0 Å². The molecule has 112 valence electrons. The Kier molecular flexibility index (Phi) is 3.53. The standard InChI is InChI=1S/C15H20N4O2/c1-3-11-10(8-19(2)18-11)13-16-14(20)12(15(21)17-13)9-6-4-5-7-9/h8-9H,3-7H2,1-2H3,(H2,16,17,20,21). The highest BCUT2D eigenvalue weighted by Crippen LogP contribution is 2.36. The van der Waals surface area contributed by atoms with Crippen molar-refractivity contribution in [3.05, 3.63) is 27.8 Å². The van der Waals surface area contributed by atoms with Crippen LogP contribution in [0.1, 0.15) is 49.8 Å². The molecule has 1 aliphatic carbocycles. The van der Waals surface area contributed by atoms with Crippen molar-refractivity contribution in [3.63, 3.8) is 0 Å². The van der Waals surface area contributed by atoms with Crippen molar-refractivity contribution in [2.45, 2.75) is 44.9 Å². The number of hydrogen-bond donors (Lipinski definition) is 2. The highest BCUT2D eigenvalue weighted by atomic mass is 16.3. The van der Waals surface area contributed by atoms with Gasteiger partial charge in [0.05, 0.1) is 16.8 Å². The van der Waals surface area contributed by atoms with Crippen LogP contribution in [0.5, 0.6) is 5.88 Å². The molecule has 0 spiro atoms. The molecule has 1 fully saturated rings. The van der Waals surface area contributed by atoms with Gasteiger partial charge in [0.15, 0.2) is 0 Å². The fourth-order valence-electron chi connectivity index (χ4n) is 3.17. The minimum atomic E-state index is -0.227. The zero-order valence-corrected chi connectivity index (χ0v) is 12.4. The van der Waals surface area contributed by atoms with Gasteiger partial charge in [0.25, 0.3) is 5.56 Å². The van der Waals surface area contributed by atoms with Gasteiger partial charge in [-0.3, -0.25) is 9.48 Å². The summed E-state index contributed by atoms with van der Waals surface area (Å²) >= 11 is 0. The summed E-state index contributed by atoms with van der Waals surface area (Å²) in [4.78, 5) is 19.4. The number of nitrogens with zero attached hydrogens (tertiary/aromatic N) is 3. The van der Waals surface area contributed by atoms with Crippen molar-refractivity contribution in [1.29, 1.82) is 0 Å². The number of aromatic amines is 1. The molecule has 3 rings (SSSR count). The summed E-state index contributed by atoms with van der Waals surface area (Å²) in [5, 5.41) is 14.5. The normalized spacial score (nSPS) is 15.7. The number of rotatable bonds is 3. The second-order valence-electron chi connectivity index (χ2n) is 5.65. The molecule has 1 saturated carbocycles. The Balaban J connectivity index is 2.07. The molecule has 0 radical (unpaired) electrons. The number of aromatic hydroxyl groups is 1. The lowest BCUT2D eigenvalue weighted by Gasteiger charge is -2.10. The van der Waals surface area contributed by atoms with Gasteiger partial charge in [-0.1, -0.05) is 19.8 Å². The zero-order chi connectivity index (χ0) is 15.0. The SMILES string of the molecule is CCc1nn(C)cc1-c1nc(O)c(C2CCCC2)c(=O)[nH]1. The van der Waals surface area contributed by atoms with Crippen molar-refractivity contribution in [2.75, 3.05) is 0 Å². The van der Waals surface area contributed by atoms with Crippen molar-refractivity contribution in [2.24, 2.45) is 7.05 Å². The lowest BCUT2D eigenvalue weighted by Crippen LogP contribution is -2.17. The number of nitrogens with one attached hydrogen (secondary N) is 1. The topological polar surface area (TPSA) is 83.8 Å². The number of aromatic nitrogens is 4. The third-order valence-electron chi connectivity index (χ3n) is 4.19. The van der Waals surface area contributed by atoms with Gasteiger partial charge in [-0.25, -0.2) is 0 Å². The molecule has 6 heteroatoms. The van der Waals surface area contributed by atoms with Crippen molar-refractivity contribution in [3.8, 4) is 17.3 Å². The second-order valence-corrected chi connectivity index (χ2v) is 5.65. The van der Waals surface area contributed by atoms with Crippen molar-refractivity contribution in [1.82, 2.24) is 19.7 Å². The first kappa shape index (κ1) is 13.9. The molecule has 6 nitrogen and oxygen atoms in total. The quantitative estimate of drug-likeness (QED) is 0.906. The van der Waals surface area contributed by atoms with Crippen molar-refractivity contribution >= 4 is 0 Å². The first-order chi connectivity index (χ1) is 10.1. The third kappa shape index (κ3) is 2.46. The molecular weight excluding hydrogens is 268 g/mol. The monoisotopic (exact) mass is 288 g/mol. The number of H-pyrrole nitrogens is 1. The van der Waals surface area contributed by atoms with E-state index in [-0.39, 0.29) is 17.4 Å². The molecule has 0 amide bonds. The lowest BCUT2D eigenvalue weighted by atomic mass is 10.00. The summed E-state index contributed by atoms with van der Waals surface area (Å²) in [6.07, 6.45) is 6.66. The molecule has 21 heavy (non-hydrogen) atoms. The zero-order valence-electron chi connectivity index (χ0n) is 12.4.